The first kappa shape index (κ1) is 13.1. The van der Waals surface area contributed by atoms with Crippen molar-refractivity contribution in [1.82, 2.24) is 20.0 Å². The molecule has 5 heteroatoms. The predicted octanol–water partition coefficient (Wildman–Crippen LogP) is 0.731. The molecule has 1 aliphatic rings. The average Bonchev–Trinajstić information content (AvgIpc) is 2.90. The Kier molecular flexibility index (Phi) is 4.75. The lowest BCUT2D eigenvalue weighted by Crippen LogP contribution is -2.40. The third kappa shape index (κ3) is 3.57. The first-order valence-corrected chi connectivity index (χ1v) is 6.75. The Labute approximate surface area is 108 Å². The number of likely N-dealkylation sites (N-methyl/N-ethyl adjacent to an activating group) is 1. The van der Waals surface area contributed by atoms with Gasteiger partial charge in [0.05, 0.1) is 0 Å². The van der Waals surface area contributed by atoms with Crippen LogP contribution in [-0.2, 0) is 11.3 Å². The summed E-state index contributed by atoms with van der Waals surface area (Å²) in [7, 11) is 0. The van der Waals surface area contributed by atoms with E-state index in [2.05, 4.69) is 10.4 Å². The van der Waals surface area contributed by atoms with Gasteiger partial charge in [0.1, 0.15) is 6.54 Å². The van der Waals surface area contributed by atoms with Crippen LogP contribution in [0.3, 0.4) is 0 Å². The minimum Gasteiger partial charge on any atom is -0.341 e. The Morgan fingerprint density at radius 1 is 1.50 bits per heavy atom. The maximum absolute atomic E-state index is 12.2. The largest absolute Gasteiger partial charge is 0.341 e. The zero-order valence-electron chi connectivity index (χ0n) is 11.0. The van der Waals surface area contributed by atoms with Gasteiger partial charge in [-0.25, -0.2) is 0 Å². The molecule has 1 N–H and O–H groups in total. The van der Waals surface area contributed by atoms with Gasteiger partial charge in [0, 0.05) is 25.5 Å². The summed E-state index contributed by atoms with van der Waals surface area (Å²) in [6, 6.07) is 1.84. The number of aromatic nitrogens is 2. The number of hydrogen-bond acceptors (Lipinski definition) is 3. The molecule has 1 saturated heterocycles. The molecule has 18 heavy (non-hydrogen) atoms. The van der Waals surface area contributed by atoms with Crippen LogP contribution in [0.1, 0.15) is 19.8 Å². The molecule has 5 nitrogen and oxygen atoms in total. The van der Waals surface area contributed by atoms with E-state index in [1.54, 1.807) is 10.9 Å². The minimum atomic E-state index is 0.166. The van der Waals surface area contributed by atoms with E-state index in [-0.39, 0.29) is 5.91 Å². The number of nitrogens with one attached hydrogen (secondary N) is 1. The van der Waals surface area contributed by atoms with Crippen LogP contribution < -0.4 is 5.32 Å². The molecule has 0 bridgehead atoms. The molecule has 0 spiro atoms. The van der Waals surface area contributed by atoms with Gasteiger partial charge in [0.25, 0.3) is 0 Å². The van der Waals surface area contributed by atoms with Crippen molar-refractivity contribution < 1.29 is 4.79 Å². The molecule has 1 fully saturated rings. The van der Waals surface area contributed by atoms with Gasteiger partial charge < -0.3 is 10.2 Å². The molecule has 1 amide bonds. The van der Waals surface area contributed by atoms with E-state index in [1.165, 1.54) is 12.8 Å². The Bertz CT molecular complexity index is 357. The number of hydrogen-bond donors (Lipinski definition) is 1. The topological polar surface area (TPSA) is 50.2 Å². The summed E-state index contributed by atoms with van der Waals surface area (Å²) in [6.45, 7) is 6.22. The van der Waals surface area contributed by atoms with Gasteiger partial charge in [-0.3, -0.25) is 9.48 Å². The molecule has 0 radical (unpaired) electrons. The fourth-order valence-corrected chi connectivity index (χ4v) is 2.42. The minimum absolute atomic E-state index is 0.166. The first-order chi connectivity index (χ1) is 8.79. The maximum Gasteiger partial charge on any atom is 0.244 e. The second-order valence-corrected chi connectivity index (χ2v) is 4.83. The molecule has 100 valence electrons. The normalized spacial score (nSPS) is 16.7. The number of piperidine rings is 1. The number of rotatable bonds is 5. The Morgan fingerprint density at radius 2 is 2.28 bits per heavy atom. The van der Waals surface area contributed by atoms with Gasteiger partial charge in [-0.05, 0) is 44.8 Å². The second kappa shape index (κ2) is 6.54. The number of carbonyl (C=O) groups excluding carboxylic acids is 1. The van der Waals surface area contributed by atoms with Crippen molar-refractivity contribution in [2.45, 2.75) is 26.3 Å². The third-order valence-electron chi connectivity index (χ3n) is 3.53. The summed E-state index contributed by atoms with van der Waals surface area (Å²) in [5.74, 6) is 0.813. The summed E-state index contributed by atoms with van der Waals surface area (Å²) in [4.78, 5) is 14.1. The van der Waals surface area contributed by atoms with E-state index in [9.17, 15) is 4.79 Å². The van der Waals surface area contributed by atoms with Crippen LogP contribution >= 0.6 is 0 Å². The number of amides is 1. The lowest BCUT2D eigenvalue weighted by molar-refractivity contribution is -0.132. The lowest BCUT2D eigenvalue weighted by atomic mass is 9.97. The van der Waals surface area contributed by atoms with Gasteiger partial charge in [0.15, 0.2) is 0 Å². The van der Waals surface area contributed by atoms with Gasteiger partial charge in [-0.1, -0.05) is 0 Å². The van der Waals surface area contributed by atoms with E-state index in [0.717, 1.165) is 26.2 Å². The molecule has 0 aliphatic carbocycles. The Hall–Kier alpha value is -1.36. The zero-order chi connectivity index (χ0) is 12.8. The highest BCUT2D eigenvalue weighted by Gasteiger charge is 2.19. The fraction of sp³-hybridized carbons (Fsp3) is 0.692. The summed E-state index contributed by atoms with van der Waals surface area (Å²) in [5, 5.41) is 7.43. The van der Waals surface area contributed by atoms with Crippen molar-refractivity contribution in [3.63, 3.8) is 0 Å². The highest BCUT2D eigenvalue weighted by molar-refractivity contribution is 5.75. The summed E-state index contributed by atoms with van der Waals surface area (Å²) in [5.41, 5.74) is 0. The quantitative estimate of drug-likeness (QED) is 0.838. The molecule has 0 atom stereocenters. The first-order valence-electron chi connectivity index (χ1n) is 6.75. The Morgan fingerprint density at radius 3 is 2.89 bits per heavy atom. The van der Waals surface area contributed by atoms with E-state index in [1.807, 2.05) is 24.1 Å². The van der Waals surface area contributed by atoms with Crippen molar-refractivity contribution in [3.05, 3.63) is 18.5 Å². The van der Waals surface area contributed by atoms with E-state index >= 15 is 0 Å². The van der Waals surface area contributed by atoms with Gasteiger partial charge in [-0.15, -0.1) is 0 Å². The molecule has 2 rings (SSSR count). The predicted molar refractivity (Wildman–Crippen MR) is 70.1 cm³/mol. The van der Waals surface area contributed by atoms with Crippen molar-refractivity contribution in [2.24, 2.45) is 5.92 Å². The molecule has 1 aromatic heterocycles. The molecule has 1 aromatic rings. The molecule has 2 heterocycles. The van der Waals surface area contributed by atoms with Crippen LogP contribution in [0.15, 0.2) is 18.5 Å². The fourth-order valence-electron chi connectivity index (χ4n) is 2.42. The summed E-state index contributed by atoms with van der Waals surface area (Å²) >= 11 is 0. The molecular formula is C13H22N4O. The molecule has 0 aromatic carbocycles. The lowest BCUT2D eigenvalue weighted by Gasteiger charge is -2.29. The van der Waals surface area contributed by atoms with Crippen LogP contribution in [0.5, 0.6) is 0 Å². The van der Waals surface area contributed by atoms with Gasteiger partial charge in [0.2, 0.25) is 5.91 Å². The summed E-state index contributed by atoms with van der Waals surface area (Å²) < 4.78 is 1.69. The van der Waals surface area contributed by atoms with Gasteiger partial charge in [-0.2, -0.15) is 5.10 Å². The smallest absolute Gasteiger partial charge is 0.244 e. The second-order valence-electron chi connectivity index (χ2n) is 4.83. The van der Waals surface area contributed by atoms with Gasteiger partial charge >= 0.3 is 0 Å². The maximum atomic E-state index is 12.2. The van der Waals surface area contributed by atoms with E-state index in [0.29, 0.717) is 12.5 Å². The van der Waals surface area contributed by atoms with Crippen molar-refractivity contribution in [2.75, 3.05) is 26.2 Å². The third-order valence-corrected chi connectivity index (χ3v) is 3.53. The van der Waals surface area contributed by atoms with Crippen LogP contribution in [0.2, 0.25) is 0 Å². The molecule has 0 unspecified atom stereocenters. The average molecular weight is 250 g/mol. The van der Waals surface area contributed by atoms with E-state index < -0.39 is 0 Å². The van der Waals surface area contributed by atoms with Crippen LogP contribution in [0, 0.1) is 5.92 Å². The zero-order valence-corrected chi connectivity index (χ0v) is 11.0. The molecule has 1 aliphatic heterocycles. The highest BCUT2D eigenvalue weighted by Crippen LogP contribution is 2.13. The standard InChI is InChI=1S/C13H22N4O/c1-2-16(10-12-4-7-14-8-5-12)13(18)11-17-9-3-6-15-17/h3,6,9,12,14H,2,4-5,7-8,10-11H2,1H3. The van der Waals surface area contributed by atoms with E-state index in [4.69, 9.17) is 0 Å². The SMILES string of the molecule is CCN(CC1CCNCC1)C(=O)Cn1cccn1. The molecule has 0 saturated carbocycles. The van der Waals surface area contributed by atoms with Crippen molar-refractivity contribution in [3.8, 4) is 0 Å². The van der Waals surface area contributed by atoms with Crippen LogP contribution in [0.25, 0.3) is 0 Å². The Balaban J connectivity index is 1.85. The molecular weight excluding hydrogens is 228 g/mol. The van der Waals surface area contributed by atoms with Crippen molar-refractivity contribution in [1.29, 1.82) is 0 Å². The van der Waals surface area contributed by atoms with Crippen LogP contribution in [-0.4, -0.2) is 46.8 Å². The van der Waals surface area contributed by atoms with Crippen molar-refractivity contribution >= 4 is 5.91 Å². The number of carbonyl (C=O) groups is 1. The van der Waals surface area contributed by atoms with Crippen LogP contribution in [0.4, 0.5) is 0 Å². The highest BCUT2D eigenvalue weighted by atomic mass is 16.2. The monoisotopic (exact) mass is 250 g/mol. The number of nitrogens with zero attached hydrogens (tertiary/aromatic N) is 3. The summed E-state index contributed by atoms with van der Waals surface area (Å²) in [6.07, 6.45) is 5.88.